The number of methoxy groups -OCH3 is 1. The molecule has 0 radical (unpaired) electrons. The molecule has 0 amide bonds. The second-order valence-electron chi connectivity index (χ2n) is 3.32. The Hall–Kier alpha value is -0.920. The van der Waals surface area contributed by atoms with Gasteiger partial charge < -0.3 is 4.74 Å². The Bertz CT molecular complexity index is 515. The molecule has 0 aromatic heterocycles. The van der Waals surface area contributed by atoms with Gasteiger partial charge in [0.05, 0.1) is 12.0 Å². The molecule has 94 valence electrons. The third-order valence-electron chi connectivity index (χ3n) is 1.99. The van der Waals surface area contributed by atoms with Crippen LogP contribution in [0, 0.1) is 0 Å². The van der Waals surface area contributed by atoms with Gasteiger partial charge >= 0.3 is 5.97 Å². The zero-order valence-corrected chi connectivity index (χ0v) is 11.7. The van der Waals surface area contributed by atoms with Crippen molar-refractivity contribution in [2.45, 2.75) is 17.9 Å². The quantitative estimate of drug-likeness (QED) is 0.848. The maximum absolute atomic E-state index is 11.9. The average Bonchev–Trinajstić information content (AvgIpc) is 2.27. The summed E-state index contributed by atoms with van der Waals surface area (Å²) < 4.78 is 31.1. The van der Waals surface area contributed by atoms with Crippen LogP contribution in [-0.4, -0.2) is 27.5 Å². The summed E-state index contributed by atoms with van der Waals surface area (Å²) in [5.41, 5.74) is 0. The van der Waals surface area contributed by atoms with Crippen molar-refractivity contribution in [3.8, 4) is 0 Å². The molecule has 0 aliphatic rings. The van der Waals surface area contributed by atoms with Gasteiger partial charge in [0.2, 0.25) is 10.0 Å². The molecule has 0 bridgehead atoms. The van der Waals surface area contributed by atoms with Crippen LogP contribution in [0.3, 0.4) is 0 Å². The SMILES string of the molecule is COC(=O)C(C)NS(=O)(=O)c1cccc(Br)c1. The lowest BCUT2D eigenvalue weighted by atomic mass is 10.4. The molecule has 5 nitrogen and oxygen atoms in total. The van der Waals surface area contributed by atoms with Gasteiger partial charge in [-0.05, 0) is 25.1 Å². The summed E-state index contributed by atoms with van der Waals surface area (Å²) in [6.45, 7) is 1.42. The van der Waals surface area contributed by atoms with Gasteiger partial charge in [0.25, 0.3) is 0 Å². The van der Waals surface area contributed by atoms with E-state index in [4.69, 9.17) is 0 Å². The summed E-state index contributed by atoms with van der Waals surface area (Å²) in [4.78, 5) is 11.2. The van der Waals surface area contributed by atoms with E-state index >= 15 is 0 Å². The van der Waals surface area contributed by atoms with Gasteiger partial charge in [0.1, 0.15) is 6.04 Å². The predicted octanol–water partition coefficient (Wildman–Crippen LogP) is 1.29. The number of esters is 1. The van der Waals surface area contributed by atoms with Crippen LogP contribution in [-0.2, 0) is 19.6 Å². The summed E-state index contributed by atoms with van der Waals surface area (Å²) in [5.74, 6) is -0.636. The van der Waals surface area contributed by atoms with E-state index in [1.807, 2.05) is 0 Å². The Morgan fingerprint density at radius 2 is 2.12 bits per heavy atom. The molecule has 0 spiro atoms. The standard InChI is InChI=1S/C10H12BrNO4S/c1-7(10(13)16-2)12-17(14,15)9-5-3-4-8(11)6-9/h3-7,12H,1-2H3. The van der Waals surface area contributed by atoms with E-state index < -0.39 is 22.0 Å². The highest BCUT2D eigenvalue weighted by Gasteiger charge is 2.22. The van der Waals surface area contributed by atoms with E-state index in [0.29, 0.717) is 4.47 Å². The second-order valence-corrected chi connectivity index (χ2v) is 5.95. The highest BCUT2D eigenvalue weighted by Crippen LogP contribution is 2.16. The molecule has 0 fully saturated rings. The molecule has 17 heavy (non-hydrogen) atoms. The zero-order chi connectivity index (χ0) is 13.1. The van der Waals surface area contributed by atoms with Crippen molar-refractivity contribution in [3.63, 3.8) is 0 Å². The number of carbonyl (C=O) groups is 1. The van der Waals surface area contributed by atoms with E-state index in [2.05, 4.69) is 25.4 Å². The lowest BCUT2D eigenvalue weighted by Crippen LogP contribution is -2.39. The molecule has 7 heteroatoms. The largest absolute Gasteiger partial charge is 0.468 e. The summed E-state index contributed by atoms with van der Waals surface area (Å²) >= 11 is 3.18. The molecule has 0 aliphatic carbocycles. The molecule has 1 N–H and O–H groups in total. The van der Waals surface area contributed by atoms with Crippen molar-refractivity contribution >= 4 is 31.9 Å². The third kappa shape index (κ3) is 3.79. The van der Waals surface area contributed by atoms with Gasteiger partial charge in [-0.2, -0.15) is 4.72 Å². The monoisotopic (exact) mass is 321 g/mol. The number of hydrogen-bond donors (Lipinski definition) is 1. The average molecular weight is 322 g/mol. The second kappa shape index (κ2) is 5.61. The highest BCUT2D eigenvalue weighted by molar-refractivity contribution is 9.10. The van der Waals surface area contributed by atoms with Gasteiger partial charge in [-0.15, -0.1) is 0 Å². The molecule has 0 heterocycles. The molecular weight excluding hydrogens is 310 g/mol. The molecule has 0 saturated carbocycles. The number of ether oxygens (including phenoxy) is 1. The first kappa shape index (κ1) is 14.1. The first-order chi connectivity index (χ1) is 7.86. The number of sulfonamides is 1. The minimum atomic E-state index is -3.72. The number of hydrogen-bond acceptors (Lipinski definition) is 4. The number of halogens is 1. The summed E-state index contributed by atoms with van der Waals surface area (Å²) in [6, 6.07) is 5.28. The van der Waals surface area contributed by atoms with Gasteiger partial charge in [-0.3, -0.25) is 4.79 Å². The lowest BCUT2D eigenvalue weighted by molar-refractivity contribution is -0.142. The highest BCUT2D eigenvalue weighted by atomic mass is 79.9. The molecule has 1 atom stereocenters. The number of carbonyl (C=O) groups excluding carboxylic acids is 1. The Kier molecular flexibility index (Phi) is 4.67. The zero-order valence-electron chi connectivity index (χ0n) is 9.31. The van der Waals surface area contributed by atoms with Crippen LogP contribution < -0.4 is 4.72 Å². The maximum atomic E-state index is 11.9. The van der Waals surface area contributed by atoms with E-state index in [0.717, 1.165) is 0 Å². The van der Waals surface area contributed by atoms with Crippen molar-refractivity contribution in [2.75, 3.05) is 7.11 Å². The Labute approximate surface area is 108 Å². The molecule has 1 aromatic carbocycles. The van der Waals surface area contributed by atoms with Crippen LogP contribution >= 0.6 is 15.9 Å². The number of nitrogens with one attached hydrogen (secondary N) is 1. The van der Waals surface area contributed by atoms with E-state index in [-0.39, 0.29) is 4.90 Å². The van der Waals surface area contributed by atoms with Crippen LogP contribution in [0.5, 0.6) is 0 Å². The lowest BCUT2D eigenvalue weighted by Gasteiger charge is -2.12. The summed E-state index contributed by atoms with van der Waals surface area (Å²) in [7, 11) is -2.52. The van der Waals surface area contributed by atoms with Crippen molar-refractivity contribution < 1.29 is 17.9 Å². The molecule has 1 rings (SSSR count). The van der Waals surface area contributed by atoms with Crippen molar-refractivity contribution in [3.05, 3.63) is 28.7 Å². The van der Waals surface area contributed by atoms with Crippen molar-refractivity contribution in [2.24, 2.45) is 0 Å². The third-order valence-corrected chi connectivity index (χ3v) is 4.02. The fourth-order valence-electron chi connectivity index (χ4n) is 1.16. The predicted molar refractivity (Wildman–Crippen MR) is 65.9 cm³/mol. The summed E-state index contributed by atoms with van der Waals surface area (Å²) in [6.07, 6.45) is 0. The fourth-order valence-corrected chi connectivity index (χ4v) is 2.95. The molecule has 1 unspecified atom stereocenters. The molecular formula is C10H12BrNO4S. The summed E-state index contributed by atoms with van der Waals surface area (Å²) in [5, 5.41) is 0. The van der Waals surface area contributed by atoms with Crippen LogP contribution in [0.1, 0.15) is 6.92 Å². The van der Waals surface area contributed by atoms with Gasteiger partial charge in [-0.25, -0.2) is 8.42 Å². The van der Waals surface area contributed by atoms with E-state index in [1.165, 1.54) is 26.2 Å². The Morgan fingerprint density at radius 3 is 2.65 bits per heavy atom. The minimum Gasteiger partial charge on any atom is -0.468 e. The topological polar surface area (TPSA) is 72.5 Å². The normalized spacial score (nSPS) is 13.1. The number of benzene rings is 1. The Balaban J connectivity index is 2.93. The fraction of sp³-hybridized carbons (Fsp3) is 0.300. The van der Waals surface area contributed by atoms with Gasteiger partial charge in [0.15, 0.2) is 0 Å². The first-order valence-electron chi connectivity index (χ1n) is 4.72. The smallest absolute Gasteiger partial charge is 0.323 e. The first-order valence-corrected chi connectivity index (χ1v) is 7.00. The maximum Gasteiger partial charge on any atom is 0.323 e. The minimum absolute atomic E-state index is 0.0858. The van der Waals surface area contributed by atoms with Crippen molar-refractivity contribution in [1.29, 1.82) is 0 Å². The van der Waals surface area contributed by atoms with Crippen LogP contribution in [0.25, 0.3) is 0 Å². The van der Waals surface area contributed by atoms with Gasteiger partial charge in [-0.1, -0.05) is 22.0 Å². The van der Waals surface area contributed by atoms with Crippen molar-refractivity contribution in [1.82, 2.24) is 4.72 Å². The Morgan fingerprint density at radius 1 is 1.47 bits per heavy atom. The van der Waals surface area contributed by atoms with Crippen LogP contribution in [0.2, 0.25) is 0 Å². The molecule has 1 aromatic rings. The van der Waals surface area contributed by atoms with Gasteiger partial charge in [0, 0.05) is 4.47 Å². The van der Waals surface area contributed by atoms with E-state index in [9.17, 15) is 13.2 Å². The molecule has 0 aliphatic heterocycles. The van der Waals surface area contributed by atoms with Crippen LogP contribution in [0.15, 0.2) is 33.6 Å². The van der Waals surface area contributed by atoms with Crippen LogP contribution in [0.4, 0.5) is 0 Å². The number of rotatable bonds is 4. The van der Waals surface area contributed by atoms with E-state index in [1.54, 1.807) is 12.1 Å². The molecule has 0 saturated heterocycles.